The average molecular weight is 664 g/mol. The molecule has 0 unspecified atom stereocenters. The number of fused-ring (bicyclic) bond motifs is 2. The van der Waals surface area contributed by atoms with E-state index in [0.717, 1.165) is 46.7 Å². The van der Waals surface area contributed by atoms with Crippen molar-refractivity contribution in [3.8, 4) is 33.9 Å². The van der Waals surface area contributed by atoms with Crippen molar-refractivity contribution in [2.45, 2.75) is 47.3 Å². The summed E-state index contributed by atoms with van der Waals surface area (Å²) >= 11 is 1.85. The highest BCUT2D eigenvalue weighted by molar-refractivity contribution is 7.99. The van der Waals surface area contributed by atoms with Gasteiger partial charge in [0.1, 0.15) is 0 Å². The predicted octanol–water partition coefficient (Wildman–Crippen LogP) is 12.7. The maximum atomic E-state index is 5.09. The Hall–Kier alpha value is -5.45. The summed E-state index contributed by atoms with van der Waals surface area (Å²) in [6, 6.07) is 58.9. The molecule has 7 aromatic rings. The van der Waals surface area contributed by atoms with Crippen LogP contribution in [0.4, 0.5) is 17.1 Å². The van der Waals surface area contributed by atoms with E-state index in [2.05, 4.69) is 157 Å². The molecule has 50 heavy (non-hydrogen) atoms. The second kappa shape index (κ2) is 13.1. The first-order valence-corrected chi connectivity index (χ1v) is 18.4. The molecule has 1 aromatic heterocycles. The second-order valence-electron chi connectivity index (χ2n) is 13.3. The Morgan fingerprint density at radius 1 is 0.460 bits per heavy atom. The summed E-state index contributed by atoms with van der Waals surface area (Å²) in [5, 5.41) is 0. The third kappa shape index (κ3) is 5.60. The van der Waals surface area contributed by atoms with E-state index in [0.29, 0.717) is 0 Å². The lowest BCUT2D eigenvalue weighted by atomic mass is 9.65. The molecule has 0 radical (unpaired) electrons. The summed E-state index contributed by atoms with van der Waals surface area (Å²) in [4.78, 5) is 15.2. The molecule has 9 rings (SSSR count). The molecular weight excluding hydrogens is 627 g/mol. The van der Waals surface area contributed by atoms with E-state index in [-0.39, 0.29) is 5.41 Å². The fraction of sp³-hybridized carbons (Fsp3) is 0.130. The maximum absolute atomic E-state index is 5.09. The molecule has 1 aliphatic carbocycles. The first-order chi connectivity index (χ1) is 24.7. The van der Waals surface area contributed by atoms with Crippen LogP contribution < -0.4 is 4.90 Å². The summed E-state index contributed by atoms with van der Waals surface area (Å²) in [5.41, 5.74) is 11.5. The maximum Gasteiger partial charge on any atom is 0.160 e. The summed E-state index contributed by atoms with van der Waals surface area (Å²) in [6.07, 6.45) is 6.05. The van der Waals surface area contributed by atoms with E-state index < -0.39 is 0 Å². The topological polar surface area (TPSA) is 29.0 Å². The van der Waals surface area contributed by atoms with E-state index in [9.17, 15) is 0 Å². The van der Waals surface area contributed by atoms with Gasteiger partial charge in [-0.05, 0) is 66.4 Å². The van der Waals surface area contributed by atoms with Crippen LogP contribution in [0.25, 0.3) is 33.9 Å². The second-order valence-corrected chi connectivity index (χ2v) is 14.4. The Labute approximate surface area is 298 Å². The number of para-hydroxylation sites is 2. The van der Waals surface area contributed by atoms with Crippen molar-refractivity contribution in [3.05, 3.63) is 175 Å². The van der Waals surface area contributed by atoms with E-state index in [4.69, 9.17) is 9.97 Å². The van der Waals surface area contributed by atoms with Crippen LogP contribution in [0.3, 0.4) is 0 Å². The molecule has 0 spiro atoms. The van der Waals surface area contributed by atoms with Crippen molar-refractivity contribution in [1.82, 2.24) is 9.97 Å². The number of benzene rings is 6. The van der Waals surface area contributed by atoms with E-state index in [1.807, 2.05) is 23.9 Å². The summed E-state index contributed by atoms with van der Waals surface area (Å²) < 4.78 is 0. The minimum Gasteiger partial charge on any atom is -0.308 e. The third-order valence-electron chi connectivity index (χ3n) is 10.4. The number of aromatic nitrogens is 2. The van der Waals surface area contributed by atoms with Crippen LogP contribution in [0.1, 0.15) is 43.2 Å². The lowest BCUT2D eigenvalue weighted by Crippen LogP contribution is -2.30. The van der Waals surface area contributed by atoms with Crippen LogP contribution in [-0.4, -0.2) is 9.97 Å². The Morgan fingerprint density at radius 2 is 0.940 bits per heavy atom. The summed E-state index contributed by atoms with van der Waals surface area (Å²) in [7, 11) is 0. The van der Waals surface area contributed by atoms with Gasteiger partial charge in [0.05, 0.1) is 22.8 Å². The molecule has 2 aliphatic rings. The van der Waals surface area contributed by atoms with Crippen molar-refractivity contribution in [1.29, 1.82) is 0 Å². The molecule has 6 aromatic carbocycles. The van der Waals surface area contributed by atoms with Gasteiger partial charge in [0, 0.05) is 37.6 Å². The van der Waals surface area contributed by atoms with Gasteiger partial charge in [0.2, 0.25) is 0 Å². The fourth-order valence-electron chi connectivity index (χ4n) is 7.84. The van der Waals surface area contributed by atoms with E-state index in [1.165, 1.54) is 57.2 Å². The number of hydrogen-bond donors (Lipinski definition) is 0. The molecule has 3 nitrogen and oxygen atoms in total. The highest BCUT2D eigenvalue weighted by Gasteiger charge is 2.36. The number of rotatable bonds is 6. The van der Waals surface area contributed by atoms with Crippen LogP contribution >= 0.6 is 11.8 Å². The summed E-state index contributed by atoms with van der Waals surface area (Å²) in [6.45, 7) is 0. The Bertz CT molecular complexity index is 2160. The van der Waals surface area contributed by atoms with Gasteiger partial charge in [-0.1, -0.05) is 152 Å². The number of nitrogens with zero attached hydrogens (tertiary/aromatic N) is 3. The zero-order valence-electron chi connectivity index (χ0n) is 27.9. The Morgan fingerprint density at radius 3 is 1.48 bits per heavy atom. The number of hydrogen-bond acceptors (Lipinski definition) is 4. The Kier molecular flexibility index (Phi) is 8.02. The zero-order valence-corrected chi connectivity index (χ0v) is 28.7. The lowest BCUT2D eigenvalue weighted by molar-refractivity contribution is 0.346. The largest absolute Gasteiger partial charge is 0.308 e. The SMILES string of the molecule is c1ccc(-c2cc(-c3ccccc3)nc(-c3ccc(C4(c5ccc(N6c7ccccc7Sc7ccccc76)cc5)CCCCC4)cc3)n2)cc1. The molecule has 242 valence electrons. The predicted molar refractivity (Wildman–Crippen MR) is 207 cm³/mol. The monoisotopic (exact) mass is 663 g/mol. The Balaban J connectivity index is 1.08. The van der Waals surface area contributed by atoms with Crippen molar-refractivity contribution < 1.29 is 0 Å². The highest BCUT2D eigenvalue weighted by atomic mass is 32.2. The van der Waals surface area contributed by atoms with Crippen LogP contribution in [0.5, 0.6) is 0 Å². The molecule has 0 N–H and O–H groups in total. The normalized spacial score (nSPS) is 14.8. The van der Waals surface area contributed by atoms with Crippen molar-refractivity contribution >= 4 is 28.8 Å². The standard InChI is InChI=1S/C46H37N3S/c1-4-14-33(15-5-1)39-32-40(34-16-6-2-7-17-34)48-45(47-39)35-22-24-36(25-23-35)46(30-12-3-13-31-46)37-26-28-38(29-27-37)49-41-18-8-10-20-43(41)50-44-21-11-9-19-42(44)49/h1-2,4-11,14-29,32H,3,12-13,30-31H2. The fourth-order valence-corrected chi connectivity index (χ4v) is 8.90. The van der Waals surface area contributed by atoms with Gasteiger partial charge in [-0.15, -0.1) is 0 Å². The van der Waals surface area contributed by atoms with Crippen LogP contribution in [0.2, 0.25) is 0 Å². The van der Waals surface area contributed by atoms with E-state index >= 15 is 0 Å². The molecular formula is C46H37N3S. The van der Waals surface area contributed by atoms with Crippen LogP contribution in [0, 0.1) is 0 Å². The summed E-state index contributed by atoms with van der Waals surface area (Å²) in [5.74, 6) is 0.749. The molecule has 1 aliphatic heterocycles. The van der Waals surface area contributed by atoms with Crippen molar-refractivity contribution in [2.75, 3.05) is 4.90 Å². The first-order valence-electron chi connectivity index (χ1n) is 17.6. The molecule has 4 heteroatoms. The molecule has 0 amide bonds. The minimum absolute atomic E-state index is 0.0230. The third-order valence-corrected chi connectivity index (χ3v) is 11.5. The van der Waals surface area contributed by atoms with Crippen molar-refractivity contribution in [3.63, 3.8) is 0 Å². The van der Waals surface area contributed by atoms with Gasteiger partial charge >= 0.3 is 0 Å². The van der Waals surface area contributed by atoms with Gasteiger partial charge in [0.25, 0.3) is 0 Å². The minimum atomic E-state index is -0.0230. The van der Waals surface area contributed by atoms with Gasteiger partial charge in [-0.2, -0.15) is 0 Å². The molecule has 0 atom stereocenters. The van der Waals surface area contributed by atoms with Gasteiger partial charge < -0.3 is 4.90 Å². The highest BCUT2D eigenvalue weighted by Crippen LogP contribution is 2.52. The lowest BCUT2D eigenvalue weighted by Gasteiger charge is -2.39. The molecule has 2 heterocycles. The van der Waals surface area contributed by atoms with Crippen molar-refractivity contribution in [2.24, 2.45) is 0 Å². The van der Waals surface area contributed by atoms with Gasteiger partial charge in [0.15, 0.2) is 5.82 Å². The molecule has 0 bridgehead atoms. The van der Waals surface area contributed by atoms with Crippen LogP contribution in [-0.2, 0) is 5.41 Å². The average Bonchev–Trinajstić information content (AvgIpc) is 3.21. The first kappa shape index (κ1) is 30.6. The van der Waals surface area contributed by atoms with Crippen LogP contribution in [0.15, 0.2) is 174 Å². The van der Waals surface area contributed by atoms with E-state index in [1.54, 1.807) is 0 Å². The zero-order chi connectivity index (χ0) is 33.3. The molecule has 1 fully saturated rings. The smallest absolute Gasteiger partial charge is 0.160 e. The quantitative estimate of drug-likeness (QED) is 0.177. The number of anilines is 3. The van der Waals surface area contributed by atoms with Gasteiger partial charge in [-0.25, -0.2) is 9.97 Å². The molecule has 0 saturated heterocycles. The van der Waals surface area contributed by atoms with Gasteiger partial charge in [-0.3, -0.25) is 0 Å². The molecule has 1 saturated carbocycles.